The van der Waals surface area contributed by atoms with Crippen LogP contribution in [-0.2, 0) is 4.84 Å². The largest absolute Gasteiger partial charge is 0.354 e. The van der Waals surface area contributed by atoms with Gasteiger partial charge in [-0.2, -0.15) is 0 Å². The van der Waals surface area contributed by atoms with Crippen molar-refractivity contribution in [1.29, 1.82) is 0 Å². The third-order valence-corrected chi connectivity index (χ3v) is 5.31. The van der Waals surface area contributed by atoms with E-state index in [1.54, 1.807) is 30.5 Å². The minimum atomic E-state index is -0.00975. The van der Waals surface area contributed by atoms with Crippen LogP contribution in [0.4, 0.5) is 0 Å². The van der Waals surface area contributed by atoms with Crippen LogP contribution in [-0.4, -0.2) is 47.8 Å². The molecule has 4 aliphatic rings. The van der Waals surface area contributed by atoms with E-state index in [1.165, 1.54) is 18.1 Å². The van der Waals surface area contributed by atoms with E-state index in [2.05, 4.69) is 17.1 Å². The highest BCUT2D eigenvalue weighted by Gasteiger charge is 2.40. The van der Waals surface area contributed by atoms with Crippen molar-refractivity contribution in [1.82, 2.24) is 15.4 Å². The second-order valence-corrected chi connectivity index (χ2v) is 6.69. The van der Waals surface area contributed by atoms with Gasteiger partial charge in [-0.25, -0.2) is 4.84 Å². The van der Waals surface area contributed by atoms with E-state index in [9.17, 15) is 4.79 Å². The molecule has 2 atom stereocenters. The summed E-state index contributed by atoms with van der Waals surface area (Å²) in [5.74, 6) is 1.23. The number of fused-ring (bicyclic) bond motifs is 3. The van der Waals surface area contributed by atoms with Crippen LogP contribution >= 0.6 is 0 Å². The fraction of sp³-hybridized carbons (Fsp3) is 0.500. The van der Waals surface area contributed by atoms with Gasteiger partial charge in [-0.05, 0) is 69.1 Å². The van der Waals surface area contributed by atoms with Gasteiger partial charge in [-0.3, -0.25) is 9.69 Å². The van der Waals surface area contributed by atoms with E-state index >= 15 is 0 Å². The first-order chi connectivity index (χ1) is 11.7. The molecule has 1 N–H and O–H groups in total. The zero-order chi connectivity index (χ0) is 16.5. The number of nitrogens with zero attached hydrogens (tertiary/aromatic N) is 2. The molecular formula is C18H23N3O3. The van der Waals surface area contributed by atoms with Crippen LogP contribution in [0.5, 0.6) is 5.75 Å². The highest BCUT2D eigenvalue weighted by molar-refractivity contribution is 5.94. The van der Waals surface area contributed by atoms with Crippen LogP contribution in [0.1, 0.15) is 30.1 Å². The van der Waals surface area contributed by atoms with E-state index in [4.69, 9.17) is 9.68 Å². The molecule has 4 aliphatic heterocycles. The average Bonchev–Trinajstić information content (AvgIpc) is 3.12. The van der Waals surface area contributed by atoms with Crippen molar-refractivity contribution < 1.29 is 14.5 Å². The molecule has 0 aromatic heterocycles. The summed E-state index contributed by atoms with van der Waals surface area (Å²) in [4.78, 5) is 25.7. The van der Waals surface area contributed by atoms with Crippen LogP contribution in [0.15, 0.2) is 36.5 Å². The van der Waals surface area contributed by atoms with Crippen molar-refractivity contribution in [2.75, 3.05) is 19.7 Å². The minimum Gasteiger partial charge on any atom is -0.354 e. The van der Waals surface area contributed by atoms with E-state index in [1.807, 2.05) is 6.08 Å². The third-order valence-electron chi connectivity index (χ3n) is 5.31. The predicted molar refractivity (Wildman–Crippen MR) is 89.0 cm³/mol. The molecule has 1 amide bonds. The van der Waals surface area contributed by atoms with Gasteiger partial charge in [-0.15, -0.1) is 0 Å². The van der Waals surface area contributed by atoms with Crippen LogP contribution in [0.2, 0.25) is 0 Å². The summed E-state index contributed by atoms with van der Waals surface area (Å²) in [5.41, 5.74) is 0.656. The summed E-state index contributed by atoms with van der Waals surface area (Å²) in [7, 11) is 0. The van der Waals surface area contributed by atoms with Crippen LogP contribution in [0.25, 0.3) is 0 Å². The molecule has 6 heteroatoms. The SMILES string of the molecule is C[C@H]1[C@H](NC(=O)c2ccc(ON3C=CCO3)cc2)C2CCN1CC2. The van der Waals surface area contributed by atoms with Gasteiger partial charge in [0.25, 0.3) is 5.91 Å². The Bertz CT molecular complexity index is 621. The molecule has 4 heterocycles. The molecule has 5 rings (SSSR count). The number of benzene rings is 1. The van der Waals surface area contributed by atoms with E-state index < -0.39 is 0 Å². The van der Waals surface area contributed by atoms with E-state index in [-0.39, 0.29) is 11.9 Å². The highest BCUT2D eigenvalue weighted by Crippen LogP contribution is 2.32. The summed E-state index contributed by atoms with van der Waals surface area (Å²) in [5, 5.41) is 4.55. The van der Waals surface area contributed by atoms with Gasteiger partial charge in [0.15, 0.2) is 5.75 Å². The fourth-order valence-corrected chi connectivity index (χ4v) is 3.90. The molecule has 2 bridgehead atoms. The lowest BCUT2D eigenvalue weighted by atomic mass is 9.79. The van der Waals surface area contributed by atoms with Crippen LogP contribution in [0.3, 0.4) is 0 Å². The lowest BCUT2D eigenvalue weighted by Gasteiger charge is -2.49. The quantitative estimate of drug-likeness (QED) is 0.915. The summed E-state index contributed by atoms with van der Waals surface area (Å²) in [6.45, 7) is 5.06. The topological polar surface area (TPSA) is 54.0 Å². The number of piperidine rings is 3. The average molecular weight is 329 g/mol. The molecular weight excluding hydrogens is 306 g/mol. The van der Waals surface area contributed by atoms with Gasteiger partial charge in [-0.1, -0.05) is 5.23 Å². The number of hydrogen-bond donors (Lipinski definition) is 1. The molecule has 3 fully saturated rings. The molecule has 24 heavy (non-hydrogen) atoms. The van der Waals surface area contributed by atoms with Crippen LogP contribution < -0.4 is 10.2 Å². The second-order valence-electron chi connectivity index (χ2n) is 6.69. The number of rotatable bonds is 4. The smallest absolute Gasteiger partial charge is 0.251 e. The van der Waals surface area contributed by atoms with Gasteiger partial charge in [0.05, 0.1) is 12.8 Å². The van der Waals surface area contributed by atoms with Gasteiger partial charge >= 0.3 is 0 Å². The molecule has 0 radical (unpaired) electrons. The lowest BCUT2D eigenvalue weighted by Crippen LogP contribution is -2.62. The van der Waals surface area contributed by atoms with Gasteiger partial charge in [0, 0.05) is 17.6 Å². The Morgan fingerprint density at radius 3 is 2.62 bits per heavy atom. The summed E-state index contributed by atoms with van der Waals surface area (Å²) < 4.78 is 0. The Hall–Kier alpha value is -2.05. The standard InChI is InChI=1S/C18H23N3O3/c1-13-17(14-7-10-20(13)11-8-14)19-18(22)15-3-5-16(6-4-15)24-21-9-2-12-23-21/h2-6,9,13-14,17H,7-8,10-12H2,1H3,(H,19,22)/t13-,17-/m0/s1. The Morgan fingerprint density at radius 1 is 1.25 bits per heavy atom. The first kappa shape index (κ1) is 15.5. The van der Waals surface area contributed by atoms with E-state index in [0.29, 0.717) is 29.9 Å². The molecule has 128 valence electrons. The van der Waals surface area contributed by atoms with Crippen molar-refractivity contribution in [3.63, 3.8) is 0 Å². The first-order valence-electron chi connectivity index (χ1n) is 8.62. The van der Waals surface area contributed by atoms with Crippen LogP contribution in [0, 0.1) is 5.92 Å². The number of nitrogens with one attached hydrogen (secondary N) is 1. The normalized spacial score (nSPS) is 31.3. The Morgan fingerprint density at radius 2 is 2.00 bits per heavy atom. The van der Waals surface area contributed by atoms with Gasteiger partial charge in [0.2, 0.25) is 0 Å². The number of hydrogen-bond acceptors (Lipinski definition) is 5. The Balaban J connectivity index is 1.38. The number of amides is 1. The molecule has 1 aromatic carbocycles. The zero-order valence-corrected chi connectivity index (χ0v) is 13.9. The summed E-state index contributed by atoms with van der Waals surface area (Å²) in [6.07, 6.45) is 5.95. The number of hydroxylamine groups is 2. The number of carbonyl (C=O) groups excluding carboxylic acids is 1. The maximum Gasteiger partial charge on any atom is 0.251 e. The fourth-order valence-electron chi connectivity index (χ4n) is 3.90. The summed E-state index contributed by atoms with van der Waals surface area (Å²) in [6, 6.07) is 7.81. The van der Waals surface area contributed by atoms with Crippen molar-refractivity contribution in [2.24, 2.45) is 5.92 Å². The van der Waals surface area contributed by atoms with Gasteiger partial charge in [0.1, 0.15) is 0 Å². The monoisotopic (exact) mass is 329 g/mol. The molecule has 0 spiro atoms. The first-order valence-corrected chi connectivity index (χ1v) is 8.62. The van der Waals surface area contributed by atoms with Crippen molar-refractivity contribution in [3.05, 3.63) is 42.1 Å². The van der Waals surface area contributed by atoms with Crippen molar-refractivity contribution >= 4 is 5.91 Å². The van der Waals surface area contributed by atoms with Crippen molar-refractivity contribution in [3.8, 4) is 5.75 Å². The molecule has 0 saturated carbocycles. The zero-order valence-electron chi connectivity index (χ0n) is 13.9. The van der Waals surface area contributed by atoms with Crippen molar-refractivity contribution in [2.45, 2.75) is 31.8 Å². The molecule has 1 aromatic rings. The molecule has 6 nitrogen and oxygen atoms in total. The summed E-state index contributed by atoms with van der Waals surface area (Å²) >= 11 is 0. The highest BCUT2D eigenvalue weighted by atomic mass is 17.0. The van der Waals surface area contributed by atoms with Gasteiger partial charge < -0.3 is 10.2 Å². The number of carbonyl (C=O) groups is 1. The maximum absolute atomic E-state index is 12.6. The minimum absolute atomic E-state index is 0.00975. The predicted octanol–water partition coefficient (Wildman–Crippen LogP) is 1.95. The Kier molecular flexibility index (Phi) is 4.16. The maximum atomic E-state index is 12.6. The second kappa shape index (κ2) is 6.45. The third kappa shape index (κ3) is 2.99. The Labute approximate surface area is 141 Å². The van der Waals surface area contributed by atoms with E-state index in [0.717, 1.165) is 13.1 Å². The molecule has 0 unspecified atom stereocenters. The molecule has 0 aliphatic carbocycles. The lowest BCUT2D eigenvalue weighted by molar-refractivity contribution is -0.263. The molecule has 3 saturated heterocycles.